The van der Waals surface area contributed by atoms with E-state index in [1.165, 1.54) is 23.1 Å². The molecule has 27 heavy (non-hydrogen) atoms. The minimum Gasteiger partial charge on any atom is -0.389 e. The number of carbonyl (C=O) groups is 1. The maximum absolute atomic E-state index is 12.8. The summed E-state index contributed by atoms with van der Waals surface area (Å²) < 4.78 is 0. The summed E-state index contributed by atoms with van der Waals surface area (Å²) in [4.78, 5) is 17.9. The molecule has 0 unspecified atom stereocenters. The third-order valence-corrected chi connectivity index (χ3v) is 6.42. The Morgan fingerprint density at radius 2 is 1.89 bits per heavy atom. The number of benzene rings is 2. The molecule has 0 atom stereocenters. The summed E-state index contributed by atoms with van der Waals surface area (Å²) in [5.74, 6) is -0.00250. The molecule has 4 nitrogen and oxygen atoms in total. The van der Waals surface area contributed by atoms with E-state index in [9.17, 15) is 9.90 Å². The lowest BCUT2D eigenvalue weighted by molar-refractivity contribution is 0.00601. The molecule has 0 radical (unpaired) electrons. The summed E-state index contributed by atoms with van der Waals surface area (Å²) in [5.41, 5.74) is 5.59. The maximum Gasteiger partial charge on any atom is 0.256 e. The summed E-state index contributed by atoms with van der Waals surface area (Å²) in [5, 5.41) is 10.7. The number of aliphatic hydroxyl groups is 1. The van der Waals surface area contributed by atoms with Crippen molar-refractivity contribution >= 4 is 16.8 Å². The van der Waals surface area contributed by atoms with Gasteiger partial charge in [0.2, 0.25) is 0 Å². The SMILES string of the molecule is Cc1ccc(C2(c3c[nH]c4c(C(=O)N5CC(O)C5)cccc34)CCC2)cc1. The molecule has 1 saturated heterocycles. The highest BCUT2D eigenvalue weighted by molar-refractivity contribution is 6.07. The topological polar surface area (TPSA) is 56.3 Å². The van der Waals surface area contributed by atoms with E-state index in [4.69, 9.17) is 0 Å². The monoisotopic (exact) mass is 360 g/mol. The number of β-amino-alcohol motifs (C(OH)–C–C–N with tert-alkyl or cyclic N) is 1. The Bertz CT molecular complexity index is 1010. The molecule has 2 fully saturated rings. The van der Waals surface area contributed by atoms with Crippen molar-refractivity contribution in [1.29, 1.82) is 0 Å². The summed E-state index contributed by atoms with van der Waals surface area (Å²) in [6, 6.07) is 14.9. The zero-order valence-corrected chi connectivity index (χ0v) is 15.5. The molecule has 0 spiro atoms. The lowest BCUT2D eigenvalue weighted by Gasteiger charge is -2.43. The fraction of sp³-hybridized carbons (Fsp3) is 0.348. The molecule has 2 heterocycles. The number of rotatable bonds is 3. The predicted octanol–water partition coefficient (Wildman–Crippen LogP) is 3.76. The third kappa shape index (κ3) is 2.43. The van der Waals surface area contributed by atoms with Gasteiger partial charge in [-0.15, -0.1) is 0 Å². The summed E-state index contributed by atoms with van der Waals surface area (Å²) in [6.07, 6.45) is 5.22. The number of hydrogen-bond acceptors (Lipinski definition) is 2. The number of aromatic amines is 1. The summed E-state index contributed by atoms with van der Waals surface area (Å²) in [7, 11) is 0. The van der Waals surface area contributed by atoms with Crippen molar-refractivity contribution in [2.45, 2.75) is 37.7 Å². The molecule has 4 heteroatoms. The van der Waals surface area contributed by atoms with Crippen molar-refractivity contribution in [3.63, 3.8) is 0 Å². The van der Waals surface area contributed by atoms with E-state index in [2.05, 4.69) is 48.4 Å². The molecule has 5 rings (SSSR count). The number of aromatic nitrogens is 1. The van der Waals surface area contributed by atoms with Gasteiger partial charge in [0, 0.05) is 30.1 Å². The Hall–Kier alpha value is -2.59. The standard InChI is InChI=1S/C23H24N2O2/c1-15-6-8-16(9-7-15)23(10-3-11-23)20-12-24-21-18(20)4-2-5-19(21)22(27)25-13-17(26)14-25/h2,4-9,12,17,24,26H,3,10-11,13-14H2,1H3. The highest BCUT2D eigenvalue weighted by Crippen LogP contribution is 2.51. The van der Waals surface area contributed by atoms with E-state index in [1.54, 1.807) is 4.90 Å². The van der Waals surface area contributed by atoms with E-state index in [0.29, 0.717) is 18.7 Å². The van der Waals surface area contributed by atoms with E-state index >= 15 is 0 Å². The minimum absolute atomic E-state index is 0.00250. The number of amides is 1. The number of carbonyl (C=O) groups excluding carboxylic acids is 1. The predicted molar refractivity (Wildman–Crippen MR) is 106 cm³/mol. The number of nitrogens with one attached hydrogen (secondary N) is 1. The Morgan fingerprint density at radius 1 is 1.15 bits per heavy atom. The van der Waals surface area contributed by atoms with Gasteiger partial charge < -0.3 is 15.0 Å². The summed E-state index contributed by atoms with van der Waals surface area (Å²) >= 11 is 0. The Morgan fingerprint density at radius 3 is 2.52 bits per heavy atom. The van der Waals surface area contributed by atoms with Crippen LogP contribution in [0.4, 0.5) is 0 Å². The quantitative estimate of drug-likeness (QED) is 0.747. The molecule has 0 bridgehead atoms. The number of likely N-dealkylation sites (tertiary alicyclic amines) is 1. The van der Waals surface area contributed by atoms with Crippen LogP contribution >= 0.6 is 0 Å². The molecule has 138 valence electrons. The molecule has 1 aromatic heterocycles. The fourth-order valence-electron chi connectivity index (χ4n) is 4.64. The van der Waals surface area contributed by atoms with Crippen molar-refractivity contribution in [2.75, 3.05) is 13.1 Å². The molecule has 1 saturated carbocycles. The minimum atomic E-state index is -0.382. The smallest absolute Gasteiger partial charge is 0.256 e. The third-order valence-electron chi connectivity index (χ3n) is 6.42. The first-order valence-electron chi connectivity index (χ1n) is 9.73. The molecule has 1 aliphatic heterocycles. The van der Waals surface area contributed by atoms with E-state index in [0.717, 1.165) is 23.7 Å². The molecular formula is C23H24N2O2. The van der Waals surface area contributed by atoms with E-state index in [-0.39, 0.29) is 17.4 Å². The van der Waals surface area contributed by atoms with E-state index in [1.807, 2.05) is 12.1 Å². The Kier molecular flexibility index (Phi) is 3.66. The lowest BCUT2D eigenvalue weighted by Crippen LogP contribution is -2.53. The maximum atomic E-state index is 12.8. The average Bonchev–Trinajstić information content (AvgIpc) is 3.04. The zero-order valence-electron chi connectivity index (χ0n) is 15.5. The van der Waals surface area contributed by atoms with Crippen LogP contribution in [0.2, 0.25) is 0 Å². The van der Waals surface area contributed by atoms with Crippen LogP contribution in [0, 0.1) is 6.92 Å². The van der Waals surface area contributed by atoms with Gasteiger partial charge >= 0.3 is 0 Å². The van der Waals surface area contributed by atoms with Crippen LogP contribution < -0.4 is 0 Å². The zero-order chi connectivity index (χ0) is 18.6. The highest BCUT2D eigenvalue weighted by Gasteiger charge is 2.42. The lowest BCUT2D eigenvalue weighted by atomic mass is 9.60. The van der Waals surface area contributed by atoms with Crippen molar-refractivity contribution in [2.24, 2.45) is 0 Å². The number of nitrogens with zero attached hydrogens (tertiary/aromatic N) is 1. The Labute approximate surface area is 158 Å². The second-order valence-electron chi connectivity index (χ2n) is 8.10. The van der Waals surface area contributed by atoms with Gasteiger partial charge in [0.25, 0.3) is 5.91 Å². The normalized spacial score (nSPS) is 19.0. The molecule has 1 amide bonds. The van der Waals surface area contributed by atoms with Gasteiger partial charge in [-0.2, -0.15) is 0 Å². The number of aliphatic hydroxyl groups excluding tert-OH is 1. The molecule has 2 aliphatic rings. The molecule has 2 aromatic carbocycles. The number of fused-ring (bicyclic) bond motifs is 1. The highest BCUT2D eigenvalue weighted by atomic mass is 16.3. The van der Waals surface area contributed by atoms with Crippen molar-refractivity contribution < 1.29 is 9.90 Å². The second-order valence-corrected chi connectivity index (χ2v) is 8.10. The fourth-order valence-corrected chi connectivity index (χ4v) is 4.64. The number of H-pyrrole nitrogens is 1. The van der Waals surface area contributed by atoms with Gasteiger partial charge in [0.1, 0.15) is 0 Å². The van der Waals surface area contributed by atoms with Crippen LogP contribution in [-0.2, 0) is 5.41 Å². The van der Waals surface area contributed by atoms with Crippen molar-refractivity contribution in [1.82, 2.24) is 9.88 Å². The molecular weight excluding hydrogens is 336 g/mol. The van der Waals surface area contributed by atoms with Crippen molar-refractivity contribution in [3.8, 4) is 0 Å². The van der Waals surface area contributed by atoms with E-state index < -0.39 is 0 Å². The van der Waals surface area contributed by atoms with Gasteiger partial charge in [-0.3, -0.25) is 4.79 Å². The second kappa shape index (κ2) is 5.96. The number of para-hydroxylation sites is 1. The van der Waals surface area contributed by atoms with Gasteiger partial charge in [-0.05, 0) is 37.0 Å². The van der Waals surface area contributed by atoms with Crippen LogP contribution in [0.5, 0.6) is 0 Å². The van der Waals surface area contributed by atoms with Gasteiger partial charge in [0.05, 0.1) is 17.2 Å². The van der Waals surface area contributed by atoms with Crippen LogP contribution in [0.25, 0.3) is 10.9 Å². The van der Waals surface area contributed by atoms with Crippen molar-refractivity contribution in [3.05, 3.63) is 70.9 Å². The van der Waals surface area contributed by atoms with Crippen LogP contribution in [0.15, 0.2) is 48.7 Å². The first kappa shape index (κ1) is 16.6. The molecule has 2 N–H and O–H groups in total. The van der Waals surface area contributed by atoms with Crippen LogP contribution in [-0.4, -0.2) is 40.1 Å². The number of aryl methyl sites for hydroxylation is 1. The molecule has 1 aliphatic carbocycles. The van der Waals surface area contributed by atoms with Gasteiger partial charge in [-0.1, -0.05) is 48.4 Å². The van der Waals surface area contributed by atoms with Crippen LogP contribution in [0.1, 0.15) is 46.3 Å². The first-order valence-corrected chi connectivity index (χ1v) is 9.73. The number of hydrogen-bond donors (Lipinski definition) is 2. The van der Waals surface area contributed by atoms with Gasteiger partial charge in [0.15, 0.2) is 0 Å². The largest absolute Gasteiger partial charge is 0.389 e. The summed E-state index contributed by atoms with van der Waals surface area (Å²) in [6.45, 7) is 2.97. The average molecular weight is 360 g/mol. The first-order chi connectivity index (χ1) is 13.1. The molecule has 3 aromatic rings. The van der Waals surface area contributed by atoms with Crippen LogP contribution in [0.3, 0.4) is 0 Å². The van der Waals surface area contributed by atoms with Gasteiger partial charge in [-0.25, -0.2) is 0 Å². The Balaban J connectivity index is 1.59.